The first-order chi connectivity index (χ1) is 11.6. The summed E-state index contributed by atoms with van der Waals surface area (Å²) in [6, 6.07) is 0. The number of rotatable bonds is 4. The van der Waals surface area contributed by atoms with E-state index < -0.39 is 0 Å². The molecule has 4 aliphatic carbocycles. The van der Waals surface area contributed by atoms with Crippen LogP contribution in [0.4, 0.5) is 0 Å². The Labute approximate surface area is 145 Å². The Morgan fingerprint density at radius 2 is 2.04 bits per heavy atom. The fraction of sp³-hybridized carbons (Fsp3) is 0.762. The second-order valence-corrected chi connectivity index (χ2v) is 8.56. The van der Waals surface area contributed by atoms with Crippen molar-refractivity contribution < 1.29 is 14.6 Å². The highest BCUT2D eigenvalue weighted by atomic mass is 17.2. The van der Waals surface area contributed by atoms with Crippen LogP contribution < -0.4 is 0 Å². The number of hydrogen-bond donors (Lipinski definition) is 0. The molecule has 2 fully saturated rings. The normalized spacial score (nSPS) is 43.8. The second kappa shape index (κ2) is 6.10. The van der Waals surface area contributed by atoms with E-state index in [1.165, 1.54) is 37.7 Å². The third kappa shape index (κ3) is 2.35. The molecule has 0 saturated heterocycles. The van der Waals surface area contributed by atoms with Crippen LogP contribution in [0.15, 0.2) is 23.8 Å². The van der Waals surface area contributed by atoms with Crippen LogP contribution >= 0.6 is 0 Å². The zero-order valence-corrected chi connectivity index (χ0v) is 15.1. The lowest BCUT2D eigenvalue weighted by Gasteiger charge is -2.55. The van der Waals surface area contributed by atoms with Gasteiger partial charge in [0.15, 0.2) is 5.78 Å². The molecule has 3 heteroatoms. The molecule has 0 amide bonds. The van der Waals surface area contributed by atoms with Gasteiger partial charge in [-0.2, -0.15) is 0 Å². The predicted octanol–water partition coefficient (Wildman–Crippen LogP) is 4.63. The van der Waals surface area contributed by atoms with E-state index >= 15 is 0 Å². The summed E-state index contributed by atoms with van der Waals surface area (Å²) in [6.07, 6.45) is 14.7. The molecule has 0 heterocycles. The third-order valence-electron chi connectivity index (χ3n) is 7.58. The van der Waals surface area contributed by atoms with E-state index in [1.807, 2.05) is 13.0 Å². The molecular formula is C21H30O3. The molecule has 0 bridgehead atoms. The van der Waals surface area contributed by atoms with Gasteiger partial charge in [-0.15, -0.1) is 0 Å². The molecule has 0 aromatic heterocycles. The molecule has 0 N–H and O–H groups in total. The molecule has 4 rings (SSSR count). The SMILES string of the molecule is CCOOC[C@@]12CCC[C@H]1[C@@H]1C(=O)C=C3C=CCC[C@]3(C)[C@H]1CC2. The van der Waals surface area contributed by atoms with E-state index in [1.54, 1.807) is 0 Å². The van der Waals surface area contributed by atoms with Gasteiger partial charge in [0.1, 0.15) is 0 Å². The quantitative estimate of drug-likeness (QED) is 0.428. The number of hydrogen-bond acceptors (Lipinski definition) is 3. The standard InChI is InChI=1S/C21H30O3/c1-3-23-24-14-21-11-6-8-17(21)19-16(9-12-21)20(2)10-5-4-7-15(20)13-18(19)22/h4,7,13,16-17,19H,3,5-6,8-12,14H2,1-2H3/t16-,17-,19+,20-,21-/m0/s1. The minimum absolute atomic E-state index is 0.165. The Morgan fingerprint density at radius 3 is 2.88 bits per heavy atom. The van der Waals surface area contributed by atoms with Crippen molar-refractivity contribution >= 4 is 5.78 Å². The number of allylic oxidation sites excluding steroid dienone is 4. The first kappa shape index (κ1) is 16.5. The highest BCUT2D eigenvalue weighted by Crippen LogP contribution is 2.63. The first-order valence-electron chi connectivity index (χ1n) is 9.78. The van der Waals surface area contributed by atoms with Crippen molar-refractivity contribution in [2.45, 2.75) is 58.8 Å². The van der Waals surface area contributed by atoms with E-state index in [0.717, 1.165) is 12.8 Å². The van der Waals surface area contributed by atoms with Gasteiger partial charge in [0.25, 0.3) is 0 Å². The monoisotopic (exact) mass is 330 g/mol. The van der Waals surface area contributed by atoms with Crippen LogP contribution in [0.3, 0.4) is 0 Å². The van der Waals surface area contributed by atoms with Crippen LogP contribution in [0.1, 0.15) is 58.8 Å². The molecule has 0 unspecified atom stereocenters. The van der Waals surface area contributed by atoms with Crippen molar-refractivity contribution in [2.75, 3.05) is 13.2 Å². The summed E-state index contributed by atoms with van der Waals surface area (Å²) in [6.45, 7) is 5.61. The van der Waals surface area contributed by atoms with Crippen molar-refractivity contribution in [1.29, 1.82) is 0 Å². The zero-order chi connectivity index (χ0) is 16.8. The van der Waals surface area contributed by atoms with Gasteiger partial charge in [0, 0.05) is 11.3 Å². The minimum atomic E-state index is 0.165. The van der Waals surface area contributed by atoms with Crippen LogP contribution in [0.5, 0.6) is 0 Å². The van der Waals surface area contributed by atoms with Gasteiger partial charge in [0.2, 0.25) is 0 Å². The van der Waals surface area contributed by atoms with Gasteiger partial charge in [-0.3, -0.25) is 4.79 Å². The van der Waals surface area contributed by atoms with Gasteiger partial charge in [-0.1, -0.05) is 25.5 Å². The lowest BCUT2D eigenvalue weighted by molar-refractivity contribution is -0.313. The average molecular weight is 330 g/mol. The zero-order valence-electron chi connectivity index (χ0n) is 15.1. The molecule has 0 aromatic rings. The summed E-state index contributed by atoms with van der Waals surface area (Å²) in [4.78, 5) is 23.8. The molecule has 24 heavy (non-hydrogen) atoms. The second-order valence-electron chi connectivity index (χ2n) is 8.56. The molecular weight excluding hydrogens is 300 g/mol. The van der Waals surface area contributed by atoms with E-state index in [9.17, 15) is 4.79 Å². The van der Waals surface area contributed by atoms with Crippen LogP contribution in [0.2, 0.25) is 0 Å². The molecule has 0 spiro atoms. The summed E-state index contributed by atoms with van der Waals surface area (Å²) < 4.78 is 0. The van der Waals surface area contributed by atoms with Crippen LogP contribution in [-0.4, -0.2) is 19.0 Å². The highest BCUT2D eigenvalue weighted by molar-refractivity contribution is 5.95. The van der Waals surface area contributed by atoms with E-state index in [4.69, 9.17) is 9.78 Å². The lowest BCUT2D eigenvalue weighted by Crippen LogP contribution is -2.52. The van der Waals surface area contributed by atoms with Crippen molar-refractivity contribution in [3.63, 3.8) is 0 Å². The van der Waals surface area contributed by atoms with Crippen LogP contribution in [0, 0.1) is 28.6 Å². The molecule has 4 aliphatic rings. The van der Waals surface area contributed by atoms with Gasteiger partial charge < -0.3 is 0 Å². The maximum absolute atomic E-state index is 13.1. The Kier molecular flexibility index (Phi) is 4.20. The molecule has 3 nitrogen and oxygen atoms in total. The maximum Gasteiger partial charge on any atom is 0.159 e. The lowest BCUT2D eigenvalue weighted by atomic mass is 9.48. The van der Waals surface area contributed by atoms with Crippen LogP contribution in [-0.2, 0) is 14.6 Å². The number of fused-ring (bicyclic) bond motifs is 5. The van der Waals surface area contributed by atoms with E-state index in [0.29, 0.717) is 30.8 Å². The molecule has 0 radical (unpaired) electrons. The van der Waals surface area contributed by atoms with Crippen molar-refractivity contribution in [2.24, 2.45) is 28.6 Å². The average Bonchev–Trinajstić information content (AvgIpc) is 3.00. The Hall–Kier alpha value is -0.930. The Morgan fingerprint density at radius 1 is 1.17 bits per heavy atom. The van der Waals surface area contributed by atoms with Gasteiger partial charge in [-0.05, 0) is 74.3 Å². The number of carbonyl (C=O) groups excluding carboxylic acids is 1. The smallest absolute Gasteiger partial charge is 0.159 e. The van der Waals surface area contributed by atoms with Gasteiger partial charge in [-0.25, -0.2) is 9.78 Å². The molecule has 5 atom stereocenters. The minimum Gasteiger partial charge on any atom is -0.295 e. The van der Waals surface area contributed by atoms with Gasteiger partial charge >= 0.3 is 0 Å². The topological polar surface area (TPSA) is 35.5 Å². The highest BCUT2D eigenvalue weighted by Gasteiger charge is 2.59. The summed E-state index contributed by atoms with van der Waals surface area (Å²) in [7, 11) is 0. The van der Waals surface area contributed by atoms with Crippen molar-refractivity contribution in [3.05, 3.63) is 23.8 Å². The molecule has 132 valence electrons. The summed E-state index contributed by atoms with van der Waals surface area (Å²) in [5.74, 6) is 1.57. The van der Waals surface area contributed by atoms with Crippen LogP contribution in [0.25, 0.3) is 0 Å². The molecule has 0 aromatic carbocycles. The Balaban J connectivity index is 1.65. The Bertz CT molecular complexity index is 578. The third-order valence-corrected chi connectivity index (χ3v) is 7.58. The van der Waals surface area contributed by atoms with E-state index in [2.05, 4.69) is 19.1 Å². The largest absolute Gasteiger partial charge is 0.295 e. The van der Waals surface area contributed by atoms with E-state index in [-0.39, 0.29) is 16.7 Å². The number of carbonyl (C=O) groups is 1. The summed E-state index contributed by atoms with van der Waals surface area (Å²) in [5.41, 5.74) is 1.65. The number of ketones is 1. The molecule has 2 saturated carbocycles. The fourth-order valence-corrected chi connectivity index (χ4v) is 6.33. The maximum atomic E-state index is 13.1. The fourth-order valence-electron chi connectivity index (χ4n) is 6.33. The van der Waals surface area contributed by atoms with Crippen molar-refractivity contribution in [1.82, 2.24) is 0 Å². The molecule has 0 aliphatic heterocycles. The van der Waals surface area contributed by atoms with Gasteiger partial charge in [0.05, 0.1) is 13.2 Å². The predicted molar refractivity (Wildman–Crippen MR) is 93.1 cm³/mol. The van der Waals surface area contributed by atoms with Crippen molar-refractivity contribution in [3.8, 4) is 0 Å². The summed E-state index contributed by atoms with van der Waals surface area (Å²) in [5, 5.41) is 0. The summed E-state index contributed by atoms with van der Waals surface area (Å²) >= 11 is 0. The first-order valence-corrected chi connectivity index (χ1v) is 9.78.